The first-order valence-corrected chi connectivity index (χ1v) is 10.6. The Kier molecular flexibility index (Phi) is 5.64. The van der Waals surface area contributed by atoms with E-state index in [9.17, 15) is 9.18 Å². The first kappa shape index (κ1) is 21.2. The number of nitrogens with zero attached hydrogens (tertiary/aromatic N) is 3. The molecule has 1 aromatic heterocycles. The fourth-order valence-electron chi connectivity index (χ4n) is 3.87. The molecule has 7 nitrogen and oxygen atoms in total. The van der Waals surface area contributed by atoms with E-state index >= 15 is 0 Å². The minimum atomic E-state index is -0.812. The van der Waals surface area contributed by atoms with Crippen molar-refractivity contribution in [2.45, 2.75) is 44.9 Å². The maximum absolute atomic E-state index is 13.5. The van der Waals surface area contributed by atoms with Crippen LogP contribution in [0.15, 0.2) is 39.9 Å². The zero-order valence-corrected chi connectivity index (χ0v) is 17.9. The molecule has 2 N–H and O–H groups in total. The second-order valence-electron chi connectivity index (χ2n) is 8.36. The predicted octanol–water partition coefficient (Wildman–Crippen LogP) is 3.51. The van der Waals surface area contributed by atoms with Crippen molar-refractivity contribution in [2.24, 2.45) is 16.1 Å². The van der Waals surface area contributed by atoms with Crippen LogP contribution in [0.4, 0.5) is 4.39 Å². The zero-order valence-electron chi connectivity index (χ0n) is 17.9. The maximum Gasteiger partial charge on any atom is 0.313 e. The monoisotopic (exact) mass is 426 g/mol. The molecule has 2 aromatic rings. The van der Waals surface area contributed by atoms with Gasteiger partial charge in [-0.05, 0) is 56.7 Å². The second kappa shape index (κ2) is 8.24. The number of carbonyl (C=O) groups is 1. The standard InChI is InChI=1S/C23H27FN4O3/c1-3-30-21(29)22(8-9-22)14-26-16(13-24)12-18(25)19-27-20(28-31-19)23(10-11-23)17-7-5-4-6-15(17)2/h4-7,12H,3,8-11,13-14,25H2,1-2H3/b18-12-,26-16?. The fraction of sp³-hybridized carbons (Fsp3) is 0.478. The number of halogens is 1. The quantitative estimate of drug-likeness (QED) is 0.486. The van der Waals surface area contributed by atoms with Gasteiger partial charge in [-0.15, -0.1) is 0 Å². The van der Waals surface area contributed by atoms with Crippen molar-refractivity contribution in [2.75, 3.05) is 19.8 Å². The van der Waals surface area contributed by atoms with Crippen LogP contribution in [0.1, 0.15) is 55.4 Å². The van der Waals surface area contributed by atoms with Crippen LogP contribution in [0.3, 0.4) is 0 Å². The highest BCUT2D eigenvalue weighted by molar-refractivity contribution is 6.01. The third-order valence-electron chi connectivity index (χ3n) is 6.12. The normalized spacial score (nSPS) is 19.2. The summed E-state index contributed by atoms with van der Waals surface area (Å²) >= 11 is 0. The topological polar surface area (TPSA) is 104 Å². The van der Waals surface area contributed by atoms with Gasteiger partial charge in [0.1, 0.15) is 6.67 Å². The van der Waals surface area contributed by atoms with E-state index in [1.165, 1.54) is 17.2 Å². The Bertz CT molecular complexity index is 1030. The van der Waals surface area contributed by atoms with Crippen molar-refractivity contribution >= 4 is 17.4 Å². The molecule has 0 saturated heterocycles. The van der Waals surface area contributed by atoms with Crippen molar-refractivity contribution in [3.63, 3.8) is 0 Å². The number of benzene rings is 1. The molecule has 1 aromatic carbocycles. The minimum absolute atomic E-state index is 0.132. The van der Waals surface area contributed by atoms with Crippen molar-refractivity contribution in [1.29, 1.82) is 0 Å². The highest BCUT2D eigenvalue weighted by Gasteiger charge is 2.51. The van der Waals surface area contributed by atoms with Crippen LogP contribution < -0.4 is 5.73 Å². The van der Waals surface area contributed by atoms with E-state index in [0.29, 0.717) is 25.3 Å². The van der Waals surface area contributed by atoms with E-state index in [1.54, 1.807) is 6.92 Å². The summed E-state index contributed by atoms with van der Waals surface area (Å²) in [6, 6.07) is 8.16. The summed E-state index contributed by atoms with van der Waals surface area (Å²) in [4.78, 5) is 20.8. The zero-order chi connectivity index (χ0) is 22.1. The molecule has 2 aliphatic carbocycles. The maximum atomic E-state index is 13.5. The molecule has 0 atom stereocenters. The number of hydrogen-bond donors (Lipinski definition) is 1. The second-order valence-corrected chi connectivity index (χ2v) is 8.36. The Labute approximate surface area is 180 Å². The van der Waals surface area contributed by atoms with E-state index < -0.39 is 12.1 Å². The summed E-state index contributed by atoms with van der Waals surface area (Å²) in [5.41, 5.74) is 7.88. The molecule has 2 saturated carbocycles. The molecule has 31 heavy (non-hydrogen) atoms. The fourth-order valence-corrected chi connectivity index (χ4v) is 3.87. The van der Waals surface area contributed by atoms with E-state index in [0.717, 1.165) is 12.8 Å². The first-order valence-electron chi connectivity index (χ1n) is 10.6. The Balaban J connectivity index is 1.51. The Morgan fingerprint density at radius 3 is 2.68 bits per heavy atom. The number of allylic oxidation sites excluding steroid dienone is 1. The van der Waals surface area contributed by atoms with Gasteiger partial charge in [0.15, 0.2) is 5.82 Å². The van der Waals surface area contributed by atoms with Gasteiger partial charge in [0, 0.05) is 0 Å². The Morgan fingerprint density at radius 2 is 2.06 bits per heavy atom. The molecule has 0 aliphatic heterocycles. The first-order chi connectivity index (χ1) is 14.9. The summed E-state index contributed by atoms with van der Waals surface area (Å²) in [6.07, 6.45) is 4.66. The number of ether oxygens (including phenoxy) is 1. The summed E-state index contributed by atoms with van der Waals surface area (Å²) in [6.45, 7) is 3.51. The minimum Gasteiger partial charge on any atom is -0.466 e. The van der Waals surface area contributed by atoms with Crippen molar-refractivity contribution in [3.8, 4) is 0 Å². The number of aryl methyl sites for hydroxylation is 1. The summed E-state index contributed by atoms with van der Waals surface area (Å²) in [5.74, 6) is 0.454. The van der Waals surface area contributed by atoms with Crippen LogP contribution in [0, 0.1) is 12.3 Å². The number of nitrogens with two attached hydrogens (primary N) is 1. The lowest BCUT2D eigenvalue weighted by molar-refractivity contribution is -0.149. The number of aromatic nitrogens is 2. The molecular weight excluding hydrogens is 399 g/mol. The van der Waals surface area contributed by atoms with Crippen LogP contribution in [0.2, 0.25) is 0 Å². The van der Waals surface area contributed by atoms with Gasteiger partial charge in [-0.1, -0.05) is 29.4 Å². The number of esters is 1. The van der Waals surface area contributed by atoms with Gasteiger partial charge in [-0.25, -0.2) is 4.39 Å². The van der Waals surface area contributed by atoms with Gasteiger partial charge in [-0.2, -0.15) is 4.98 Å². The molecule has 8 heteroatoms. The summed E-state index contributed by atoms with van der Waals surface area (Å²) in [5, 5.41) is 4.16. The third kappa shape index (κ3) is 4.11. The Hall–Kier alpha value is -3.03. The average molecular weight is 426 g/mol. The number of hydrogen-bond acceptors (Lipinski definition) is 7. The van der Waals surface area contributed by atoms with Gasteiger partial charge in [0.2, 0.25) is 0 Å². The van der Waals surface area contributed by atoms with Crippen LogP contribution in [0.5, 0.6) is 0 Å². The van der Waals surface area contributed by atoms with Crippen LogP contribution in [-0.4, -0.2) is 41.6 Å². The van der Waals surface area contributed by atoms with Gasteiger partial charge >= 0.3 is 5.97 Å². The lowest BCUT2D eigenvalue weighted by atomic mass is 9.91. The molecule has 0 amide bonds. The van der Waals surface area contributed by atoms with Crippen molar-refractivity contribution in [1.82, 2.24) is 10.1 Å². The van der Waals surface area contributed by atoms with Gasteiger partial charge in [-0.3, -0.25) is 9.79 Å². The lowest BCUT2D eigenvalue weighted by Gasteiger charge is -2.13. The molecule has 4 rings (SSSR count). The molecule has 0 radical (unpaired) electrons. The van der Waals surface area contributed by atoms with E-state index in [2.05, 4.69) is 34.2 Å². The number of rotatable bonds is 9. The van der Waals surface area contributed by atoms with Gasteiger partial charge < -0.3 is 15.0 Å². The largest absolute Gasteiger partial charge is 0.466 e. The predicted molar refractivity (Wildman–Crippen MR) is 114 cm³/mol. The molecule has 2 fully saturated rings. The molecule has 2 aliphatic rings. The third-order valence-corrected chi connectivity index (χ3v) is 6.12. The summed E-state index contributed by atoms with van der Waals surface area (Å²) in [7, 11) is 0. The Morgan fingerprint density at radius 1 is 1.32 bits per heavy atom. The summed E-state index contributed by atoms with van der Waals surface area (Å²) < 4.78 is 24.0. The van der Waals surface area contributed by atoms with E-state index in [-0.39, 0.29) is 35.2 Å². The van der Waals surface area contributed by atoms with Crippen molar-refractivity contribution in [3.05, 3.63) is 53.2 Å². The van der Waals surface area contributed by atoms with Crippen LogP contribution >= 0.6 is 0 Å². The van der Waals surface area contributed by atoms with Gasteiger partial charge in [0.25, 0.3) is 5.89 Å². The average Bonchev–Trinajstić information content (AvgIpc) is 3.69. The van der Waals surface area contributed by atoms with Crippen molar-refractivity contribution < 1.29 is 18.4 Å². The van der Waals surface area contributed by atoms with E-state index in [1.807, 2.05) is 12.1 Å². The lowest BCUT2D eigenvalue weighted by Crippen LogP contribution is -2.22. The molecule has 1 heterocycles. The SMILES string of the molecule is CCOC(=O)C1(CN=C(/C=C(\N)c2nc(C3(c4ccccc4C)CC3)no2)CF)CC1. The smallest absolute Gasteiger partial charge is 0.313 e. The molecule has 0 bridgehead atoms. The molecule has 164 valence electrons. The number of alkyl halides is 1. The van der Waals surface area contributed by atoms with Crippen LogP contribution in [0.25, 0.3) is 5.70 Å². The molecule has 0 unspecified atom stereocenters. The van der Waals surface area contributed by atoms with Gasteiger partial charge in [0.05, 0.1) is 35.4 Å². The number of aliphatic imine (C=N–C) groups is 1. The molecular formula is C23H27FN4O3. The van der Waals surface area contributed by atoms with E-state index in [4.69, 9.17) is 15.0 Å². The number of carbonyl (C=O) groups excluding carboxylic acids is 1. The highest BCUT2D eigenvalue weighted by Crippen LogP contribution is 2.53. The van der Waals surface area contributed by atoms with Crippen LogP contribution in [-0.2, 0) is 14.9 Å². The highest BCUT2D eigenvalue weighted by atomic mass is 19.1. The molecule has 0 spiro atoms.